The summed E-state index contributed by atoms with van der Waals surface area (Å²) < 4.78 is 53.4. The molecule has 34 heavy (non-hydrogen) atoms. The summed E-state index contributed by atoms with van der Waals surface area (Å²) in [4.78, 5) is 12.7. The molecule has 1 atom stereocenters. The molecule has 3 aromatic rings. The van der Waals surface area contributed by atoms with E-state index in [9.17, 15) is 21.6 Å². The zero-order chi connectivity index (χ0) is 25.1. The summed E-state index contributed by atoms with van der Waals surface area (Å²) in [6.45, 7) is 1.46. The van der Waals surface area contributed by atoms with Crippen LogP contribution in [0.3, 0.4) is 0 Å². The number of nitrogens with one attached hydrogen (secondary N) is 2. The number of anilines is 3. The smallest absolute Gasteiger partial charge is 0.261 e. The minimum atomic E-state index is -3.98. The van der Waals surface area contributed by atoms with Crippen LogP contribution in [0, 0.1) is 0 Å². The Hall–Kier alpha value is -2.79. The number of sulfonamides is 2. The first-order chi connectivity index (χ1) is 15.9. The van der Waals surface area contributed by atoms with Crippen molar-refractivity contribution in [1.82, 2.24) is 0 Å². The SMILES string of the molecule is CC(C(=O)Nc1ccc(S(=O)(=O)Nc2cccc(Cl)c2Cl)cc1)N(c1ccccc1)S(C)(=O)=O. The lowest BCUT2D eigenvalue weighted by Crippen LogP contribution is -2.45. The lowest BCUT2D eigenvalue weighted by atomic mass is 10.2. The van der Waals surface area contributed by atoms with E-state index < -0.39 is 32.0 Å². The first-order valence-corrected chi connectivity index (χ1v) is 13.9. The molecule has 0 heterocycles. The van der Waals surface area contributed by atoms with E-state index >= 15 is 0 Å². The van der Waals surface area contributed by atoms with Gasteiger partial charge in [0.25, 0.3) is 10.0 Å². The fourth-order valence-electron chi connectivity index (χ4n) is 3.13. The molecule has 180 valence electrons. The van der Waals surface area contributed by atoms with Crippen molar-refractivity contribution in [2.24, 2.45) is 0 Å². The number of amides is 1. The van der Waals surface area contributed by atoms with Crippen molar-refractivity contribution in [3.63, 3.8) is 0 Å². The Labute approximate surface area is 208 Å². The average Bonchev–Trinajstić information content (AvgIpc) is 2.77. The van der Waals surface area contributed by atoms with Crippen molar-refractivity contribution in [2.75, 3.05) is 20.6 Å². The molecule has 0 aliphatic heterocycles. The zero-order valence-corrected chi connectivity index (χ0v) is 21.2. The van der Waals surface area contributed by atoms with Crippen LogP contribution in [0.5, 0.6) is 0 Å². The van der Waals surface area contributed by atoms with E-state index in [1.165, 1.54) is 43.3 Å². The Morgan fingerprint density at radius 1 is 0.882 bits per heavy atom. The van der Waals surface area contributed by atoms with E-state index in [1.54, 1.807) is 36.4 Å². The van der Waals surface area contributed by atoms with E-state index in [-0.39, 0.29) is 26.3 Å². The van der Waals surface area contributed by atoms with Gasteiger partial charge < -0.3 is 5.32 Å². The third kappa shape index (κ3) is 6.01. The number of rotatable bonds is 8. The van der Waals surface area contributed by atoms with Crippen molar-refractivity contribution in [3.8, 4) is 0 Å². The minimum absolute atomic E-state index is 0.0689. The first-order valence-electron chi connectivity index (χ1n) is 9.82. The molecule has 12 heteroatoms. The standard InChI is InChI=1S/C22H21Cl2N3O5S2/c1-15(27(33(2,29)30)17-7-4-3-5-8-17)22(28)25-16-11-13-18(14-12-16)34(31,32)26-20-10-6-9-19(23)21(20)24/h3-15,26H,1-2H3,(H,25,28). The Balaban J connectivity index is 1.77. The van der Waals surface area contributed by atoms with Crippen molar-refractivity contribution in [1.29, 1.82) is 0 Å². The van der Waals surface area contributed by atoms with Gasteiger partial charge in [0.15, 0.2) is 0 Å². The molecule has 0 aliphatic carbocycles. The maximum atomic E-state index is 12.8. The molecule has 2 N–H and O–H groups in total. The van der Waals surface area contributed by atoms with E-state index in [4.69, 9.17) is 23.2 Å². The molecule has 0 fully saturated rings. The molecule has 3 aromatic carbocycles. The molecule has 0 spiro atoms. The summed E-state index contributed by atoms with van der Waals surface area (Å²) >= 11 is 12.0. The van der Waals surface area contributed by atoms with Gasteiger partial charge in [0, 0.05) is 5.69 Å². The van der Waals surface area contributed by atoms with Gasteiger partial charge in [0.2, 0.25) is 15.9 Å². The van der Waals surface area contributed by atoms with Crippen LogP contribution in [0.25, 0.3) is 0 Å². The number of hydrogen-bond donors (Lipinski definition) is 2. The van der Waals surface area contributed by atoms with Crippen molar-refractivity contribution in [3.05, 3.63) is 82.8 Å². The Morgan fingerprint density at radius 3 is 2.09 bits per heavy atom. The summed E-state index contributed by atoms with van der Waals surface area (Å²) in [5, 5.41) is 2.88. The van der Waals surface area contributed by atoms with E-state index in [0.717, 1.165) is 10.6 Å². The lowest BCUT2D eigenvalue weighted by molar-refractivity contribution is -0.116. The number of halogens is 2. The second kappa shape index (κ2) is 10.2. The van der Waals surface area contributed by atoms with Crippen LogP contribution in [0.2, 0.25) is 10.0 Å². The van der Waals surface area contributed by atoms with Crippen LogP contribution in [0.1, 0.15) is 6.92 Å². The lowest BCUT2D eigenvalue weighted by Gasteiger charge is -2.28. The highest BCUT2D eigenvalue weighted by molar-refractivity contribution is 7.92. The monoisotopic (exact) mass is 541 g/mol. The van der Waals surface area contributed by atoms with Gasteiger partial charge in [-0.2, -0.15) is 0 Å². The number of carbonyl (C=O) groups excluding carboxylic acids is 1. The normalized spacial score (nSPS) is 12.6. The van der Waals surface area contributed by atoms with Gasteiger partial charge in [0.05, 0.1) is 32.6 Å². The van der Waals surface area contributed by atoms with E-state index in [1.807, 2.05) is 0 Å². The van der Waals surface area contributed by atoms with Gasteiger partial charge in [-0.05, 0) is 55.5 Å². The predicted octanol–water partition coefficient (Wildman–Crippen LogP) is 4.59. The van der Waals surface area contributed by atoms with Gasteiger partial charge in [0.1, 0.15) is 6.04 Å². The number of nitrogens with zero attached hydrogens (tertiary/aromatic N) is 1. The predicted molar refractivity (Wildman–Crippen MR) is 136 cm³/mol. The van der Waals surface area contributed by atoms with Crippen LogP contribution in [0.15, 0.2) is 77.7 Å². The molecule has 0 saturated heterocycles. The molecular weight excluding hydrogens is 521 g/mol. The Bertz CT molecular complexity index is 1400. The topological polar surface area (TPSA) is 113 Å². The Morgan fingerprint density at radius 2 is 1.50 bits per heavy atom. The van der Waals surface area contributed by atoms with Crippen LogP contribution in [-0.4, -0.2) is 35.0 Å². The van der Waals surface area contributed by atoms with Gasteiger partial charge in [-0.3, -0.25) is 13.8 Å². The summed E-state index contributed by atoms with van der Waals surface area (Å²) in [5.41, 5.74) is 0.764. The molecule has 0 saturated carbocycles. The third-order valence-electron chi connectivity index (χ3n) is 4.73. The summed E-state index contributed by atoms with van der Waals surface area (Å²) in [6.07, 6.45) is 1.02. The number of benzene rings is 3. The zero-order valence-electron chi connectivity index (χ0n) is 18.1. The summed E-state index contributed by atoms with van der Waals surface area (Å²) in [6, 6.07) is 17.1. The van der Waals surface area contributed by atoms with Crippen molar-refractivity contribution >= 4 is 66.2 Å². The second-order valence-electron chi connectivity index (χ2n) is 7.29. The largest absolute Gasteiger partial charge is 0.324 e. The number of carbonyl (C=O) groups is 1. The third-order valence-corrected chi connectivity index (χ3v) is 8.17. The molecule has 1 amide bonds. The Kier molecular flexibility index (Phi) is 7.77. The van der Waals surface area contributed by atoms with Gasteiger partial charge in [-0.1, -0.05) is 47.5 Å². The molecule has 0 aromatic heterocycles. The summed E-state index contributed by atoms with van der Waals surface area (Å²) in [5.74, 6) is -0.589. The quantitative estimate of drug-likeness (QED) is 0.433. The molecule has 1 unspecified atom stereocenters. The molecule has 0 radical (unpaired) electrons. The van der Waals surface area contributed by atoms with Gasteiger partial charge >= 0.3 is 0 Å². The highest BCUT2D eigenvalue weighted by Crippen LogP contribution is 2.31. The van der Waals surface area contributed by atoms with Crippen LogP contribution in [0.4, 0.5) is 17.1 Å². The fourth-order valence-corrected chi connectivity index (χ4v) is 5.78. The molecular formula is C22H21Cl2N3O5S2. The summed E-state index contributed by atoms with van der Waals surface area (Å²) in [7, 11) is -7.73. The molecule has 8 nitrogen and oxygen atoms in total. The fraction of sp³-hybridized carbons (Fsp3) is 0.136. The van der Waals surface area contributed by atoms with Gasteiger partial charge in [-0.15, -0.1) is 0 Å². The highest BCUT2D eigenvalue weighted by Gasteiger charge is 2.29. The van der Waals surface area contributed by atoms with Gasteiger partial charge in [-0.25, -0.2) is 16.8 Å². The van der Waals surface area contributed by atoms with E-state index in [0.29, 0.717) is 5.69 Å². The number of hydrogen-bond acceptors (Lipinski definition) is 5. The maximum Gasteiger partial charge on any atom is 0.261 e. The van der Waals surface area contributed by atoms with Crippen molar-refractivity contribution in [2.45, 2.75) is 17.9 Å². The maximum absolute atomic E-state index is 12.8. The highest BCUT2D eigenvalue weighted by atomic mass is 35.5. The van der Waals surface area contributed by atoms with Crippen LogP contribution < -0.4 is 14.3 Å². The minimum Gasteiger partial charge on any atom is -0.324 e. The average molecular weight is 542 g/mol. The van der Waals surface area contributed by atoms with Crippen LogP contribution >= 0.6 is 23.2 Å². The molecule has 3 rings (SSSR count). The molecule has 0 bridgehead atoms. The second-order valence-corrected chi connectivity index (χ2v) is 11.6. The first kappa shape index (κ1) is 25.8. The molecule has 0 aliphatic rings. The van der Waals surface area contributed by atoms with Crippen molar-refractivity contribution < 1.29 is 21.6 Å². The van der Waals surface area contributed by atoms with Crippen LogP contribution in [-0.2, 0) is 24.8 Å². The number of para-hydroxylation sites is 1. The van der Waals surface area contributed by atoms with E-state index in [2.05, 4.69) is 10.0 Å².